The second-order valence-electron chi connectivity index (χ2n) is 6.25. The monoisotopic (exact) mass is 346 g/mol. The van der Waals surface area contributed by atoms with Crippen molar-refractivity contribution in [3.05, 3.63) is 34.9 Å². The van der Waals surface area contributed by atoms with Crippen molar-refractivity contribution >= 4 is 29.9 Å². The molecule has 1 fully saturated rings. The predicted molar refractivity (Wildman–Crippen MR) is 91.8 cm³/mol. The van der Waals surface area contributed by atoms with Gasteiger partial charge in [0.25, 0.3) is 0 Å². The van der Waals surface area contributed by atoms with Crippen LogP contribution in [0.15, 0.2) is 24.3 Å². The zero-order valence-electron chi connectivity index (χ0n) is 13.0. The third kappa shape index (κ3) is 6.13. The number of morpholine rings is 1. The van der Waals surface area contributed by atoms with Gasteiger partial charge in [-0.2, -0.15) is 0 Å². The van der Waals surface area contributed by atoms with E-state index in [4.69, 9.17) is 16.3 Å². The molecule has 22 heavy (non-hydrogen) atoms. The summed E-state index contributed by atoms with van der Waals surface area (Å²) >= 11 is 6.01. The Labute approximate surface area is 143 Å². The Kier molecular flexibility index (Phi) is 7.63. The standard InChI is InChI=1S/C16H23ClN2O2.ClH/c1-16(2,9-12-4-3-5-13(17)8-12)11-19-15(20)14-10-18-6-7-21-14;/h3-5,8,14,18H,6-7,9-11H2,1-2H3,(H,19,20);1H. The van der Waals surface area contributed by atoms with Gasteiger partial charge in [-0.05, 0) is 29.5 Å². The molecule has 0 bridgehead atoms. The van der Waals surface area contributed by atoms with E-state index in [1.807, 2.05) is 18.2 Å². The molecule has 1 heterocycles. The summed E-state index contributed by atoms with van der Waals surface area (Å²) in [5, 5.41) is 6.89. The molecular formula is C16H24Cl2N2O2. The molecule has 0 aromatic heterocycles. The van der Waals surface area contributed by atoms with Crippen LogP contribution in [0.3, 0.4) is 0 Å². The molecule has 0 saturated carbocycles. The van der Waals surface area contributed by atoms with Crippen LogP contribution in [-0.4, -0.2) is 38.3 Å². The Morgan fingerprint density at radius 1 is 1.50 bits per heavy atom. The number of carbonyl (C=O) groups is 1. The molecule has 1 amide bonds. The maximum Gasteiger partial charge on any atom is 0.250 e. The first-order valence-corrected chi connectivity index (χ1v) is 7.69. The molecule has 0 aliphatic carbocycles. The van der Waals surface area contributed by atoms with Crippen LogP contribution in [-0.2, 0) is 16.0 Å². The van der Waals surface area contributed by atoms with Crippen molar-refractivity contribution in [1.29, 1.82) is 0 Å². The molecule has 4 nitrogen and oxygen atoms in total. The molecule has 1 aromatic carbocycles. The molecule has 1 aliphatic heterocycles. The van der Waals surface area contributed by atoms with Gasteiger partial charge in [0.15, 0.2) is 0 Å². The van der Waals surface area contributed by atoms with Crippen LogP contribution in [0, 0.1) is 5.41 Å². The first-order chi connectivity index (χ1) is 9.96. The van der Waals surface area contributed by atoms with Crippen molar-refractivity contribution in [1.82, 2.24) is 10.6 Å². The third-order valence-electron chi connectivity index (χ3n) is 3.53. The maximum atomic E-state index is 12.1. The Bertz CT molecular complexity index is 489. The molecule has 2 N–H and O–H groups in total. The summed E-state index contributed by atoms with van der Waals surface area (Å²) < 4.78 is 5.45. The molecule has 1 saturated heterocycles. The average molecular weight is 347 g/mol. The van der Waals surface area contributed by atoms with Crippen LogP contribution in [0.5, 0.6) is 0 Å². The van der Waals surface area contributed by atoms with Crippen LogP contribution < -0.4 is 10.6 Å². The normalized spacial score (nSPS) is 18.4. The van der Waals surface area contributed by atoms with Gasteiger partial charge in [-0.15, -0.1) is 12.4 Å². The zero-order chi connectivity index (χ0) is 15.3. The number of nitrogens with one attached hydrogen (secondary N) is 2. The van der Waals surface area contributed by atoms with Crippen molar-refractivity contribution in [2.75, 3.05) is 26.2 Å². The van der Waals surface area contributed by atoms with Gasteiger partial charge in [-0.3, -0.25) is 4.79 Å². The third-order valence-corrected chi connectivity index (χ3v) is 3.77. The van der Waals surface area contributed by atoms with Gasteiger partial charge in [-0.25, -0.2) is 0 Å². The minimum absolute atomic E-state index is 0. The molecule has 0 spiro atoms. The minimum atomic E-state index is -0.374. The molecular weight excluding hydrogens is 323 g/mol. The second-order valence-corrected chi connectivity index (χ2v) is 6.69. The minimum Gasteiger partial charge on any atom is -0.366 e. The molecule has 1 aromatic rings. The van der Waals surface area contributed by atoms with Crippen LogP contribution in [0.1, 0.15) is 19.4 Å². The Morgan fingerprint density at radius 3 is 2.91 bits per heavy atom. The van der Waals surface area contributed by atoms with Crippen molar-refractivity contribution in [2.45, 2.75) is 26.4 Å². The van der Waals surface area contributed by atoms with Crippen molar-refractivity contribution in [2.24, 2.45) is 5.41 Å². The van der Waals surface area contributed by atoms with E-state index in [9.17, 15) is 4.79 Å². The molecule has 2 rings (SSSR count). The summed E-state index contributed by atoms with van der Waals surface area (Å²) in [5.41, 5.74) is 1.14. The first kappa shape index (κ1) is 19.2. The summed E-state index contributed by atoms with van der Waals surface area (Å²) in [4.78, 5) is 12.1. The van der Waals surface area contributed by atoms with E-state index in [1.54, 1.807) is 0 Å². The van der Waals surface area contributed by atoms with Crippen molar-refractivity contribution in [3.63, 3.8) is 0 Å². The van der Waals surface area contributed by atoms with Crippen LogP contribution in [0.2, 0.25) is 5.02 Å². The number of halogens is 2. The molecule has 1 atom stereocenters. The Balaban J connectivity index is 0.00000242. The fourth-order valence-corrected chi connectivity index (χ4v) is 2.65. The summed E-state index contributed by atoms with van der Waals surface area (Å²) in [7, 11) is 0. The van der Waals surface area contributed by atoms with E-state index in [0.717, 1.165) is 18.0 Å². The highest BCUT2D eigenvalue weighted by Crippen LogP contribution is 2.22. The predicted octanol–water partition coefficient (Wildman–Crippen LogP) is 2.44. The average Bonchev–Trinajstić information content (AvgIpc) is 2.45. The number of rotatable bonds is 5. The van der Waals surface area contributed by atoms with Gasteiger partial charge in [0, 0.05) is 24.7 Å². The summed E-state index contributed by atoms with van der Waals surface area (Å²) in [6, 6.07) is 7.85. The number of hydrogen-bond acceptors (Lipinski definition) is 3. The van der Waals surface area contributed by atoms with Gasteiger partial charge >= 0.3 is 0 Å². The lowest BCUT2D eigenvalue weighted by Gasteiger charge is -2.28. The van der Waals surface area contributed by atoms with Gasteiger partial charge in [0.1, 0.15) is 6.10 Å². The number of carbonyl (C=O) groups excluding carboxylic acids is 1. The lowest BCUT2D eigenvalue weighted by Crippen LogP contribution is -2.49. The number of ether oxygens (including phenoxy) is 1. The van der Waals surface area contributed by atoms with E-state index in [2.05, 4.69) is 30.5 Å². The van der Waals surface area contributed by atoms with E-state index >= 15 is 0 Å². The highest BCUT2D eigenvalue weighted by Gasteiger charge is 2.25. The molecule has 6 heteroatoms. The first-order valence-electron chi connectivity index (χ1n) is 7.31. The lowest BCUT2D eigenvalue weighted by molar-refractivity contribution is -0.134. The van der Waals surface area contributed by atoms with Gasteiger partial charge in [-0.1, -0.05) is 37.6 Å². The summed E-state index contributed by atoms with van der Waals surface area (Å²) in [6.07, 6.45) is 0.484. The summed E-state index contributed by atoms with van der Waals surface area (Å²) in [6.45, 7) is 6.86. The molecule has 1 unspecified atom stereocenters. The van der Waals surface area contributed by atoms with E-state index in [-0.39, 0.29) is 29.8 Å². The Morgan fingerprint density at radius 2 is 2.27 bits per heavy atom. The molecule has 1 aliphatic rings. The summed E-state index contributed by atoms with van der Waals surface area (Å²) in [5.74, 6) is -0.0404. The number of hydrogen-bond donors (Lipinski definition) is 2. The highest BCUT2D eigenvalue weighted by molar-refractivity contribution is 6.30. The van der Waals surface area contributed by atoms with Gasteiger partial charge in [0.2, 0.25) is 5.91 Å². The van der Waals surface area contributed by atoms with Crippen LogP contribution in [0.25, 0.3) is 0 Å². The molecule has 0 radical (unpaired) electrons. The SMILES string of the molecule is CC(C)(CNC(=O)C1CNCCO1)Cc1cccc(Cl)c1.Cl. The van der Waals surface area contributed by atoms with Crippen LogP contribution in [0.4, 0.5) is 0 Å². The number of amides is 1. The van der Waals surface area contributed by atoms with E-state index < -0.39 is 0 Å². The van der Waals surface area contributed by atoms with Gasteiger partial charge < -0.3 is 15.4 Å². The van der Waals surface area contributed by atoms with Crippen LogP contribution >= 0.6 is 24.0 Å². The van der Waals surface area contributed by atoms with E-state index in [0.29, 0.717) is 19.7 Å². The second kappa shape index (κ2) is 8.73. The maximum absolute atomic E-state index is 12.1. The van der Waals surface area contributed by atoms with Crippen molar-refractivity contribution < 1.29 is 9.53 Å². The Hall–Kier alpha value is -0.810. The van der Waals surface area contributed by atoms with Crippen molar-refractivity contribution in [3.8, 4) is 0 Å². The zero-order valence-corrected chi connectivity index (χ0v) is 14.6. The fraction of sp³-hybridized carbons (Fsp3) is 0.562. The smallest absolute Gasteiger partial charge is 0.250 e. The highest BCUT2D eigenvalue weighted by atomic mass is 35.5. The quantitative estimate of drug-likeness (QED) is 0.860. The largest absolute Gasteiger partial charge is 0.366 e. The van der Waals surface area contributed by atoms with Gasteiger partial charge in [0.05, 0.1) is 6.61 Å². The molecule has 124 valence electrons. The lowest BCUT2D eigenvalue weighted by atomic mass is 9.85. The number of benzene rings is 1. The topological polar surface area (TPSA) is 50.4 Å². The van der Waals surface area contributed by atoms with E-state index in [1.165, 1.54) is 5.56 Å². The fourth-order valence-electron chi connectivity index (χ4n) is 2.44.